The van der Waals surface area contributed by atoms with Gasteiger partial charge in [-0.05, 0) is 35.8 Å². The van der Waals surface area contributed by atoms with Gasteiger partial charge in [0.2, 0.25) is 0 Å². The second-order valence-electron chi connectivity index (χ2n) is 5.93. The lowest BCUT2D eigenvalue weighted by atomic mass is 9.84. The summed E-state index contributed by atoms with van der Waals surface area (Å²) in [6, 6.07) is 4.28. The molecule has 1 aliphatic heterocycles. The molecule has 0 radical (unpaired) electrons. The van der Waals surface area contributed by atoms with Crippen LogP contribution in [-0.2, 0) is 5.41 Å². The maximum Gasteiger partial charge on any atom is 0.124 e. The summed E-state index contributed by atoms with van der Waals surface area (Å²) < 4.78 is 0.403. The number of aryl methyl sites for hydroxylation is 1. The first-order valence-electron chi connectivity index (χ1n) is 6.47. The van der Waals surface area contributed by atoms with Crippen LogP contribution in [-0.4, -0.2) is 16.6 Å². The summed E-state index contributed by atoms with van der Waals surface area (Å²) in [4.78, 5) is 0. The molecule has 1 aromatic rings. The van der Waals surface area contributed by atoms with Gasteiger partial charge in [-0.15, -0.1) is 23.5 Å². The summed E-state index contributed by atoms with van der Waals surface area (Å²) in [5.41, 5.74) is 3.44. The molecule has 0 aliphatic carbocycles. The standard InChI is InChI=1S/C15H22OS2/c1-10-8-11(14-17-6-5-7-18-14)13(16)12(9-10)15(2,3)4/h8-9,14,16H,5-7H2,1-4H3. The van der Waals surface area contributed by atoms with E-state index in [9.17, 15) is 5.11 Å². The smallest absolute Gasteiger partial charge is 0.124 e. The minimum absolute atomic E-state index is 0.00511. The number of hydrogen-bond donors (Lipinski definition) is 1. The van der Waals surface area contributed by atoms with Crippen LogP contribution in [0.5, 0.6) is 5.75 Å². The van der Waals surface area contributed by atoms with Gasteiger partial charge < -0.3 is 5.11 Å². The van der Waals surface area contributed by atoms with E-state index in [1.54, 1.807) is 0 Å². The van der Waals surface area contributed by atoms with Crippen LogP contribution in [0, 0.1) is 6.92 Å². The summed E-state index contributed by atoms with van der Waals surface area (Å²) >= 11 is 3.92. The predicted molar refractivity (Wildman–Crippen MR) is 83.8 cm³/mol. The molecule has 0 amide bonds. The zero-order chi connectivity index (χ0) is 13.3. The zero-order valence-corrected chi connectivity index (χ0v) is 13.3. The predicted octanol–water partition coefficient (Wildman–Crippen LogP) is 4.87. The van der Waals surface area contributed by atoms with Crippen LogP contribution in [0.2, 0.25) is 0 Å². The first-order chi connectivity index (χ1) is 8.39. The van der Waals surface area contributed by atoms with E-state index in [2.05, 4.69) is 39.8 Å². The quantitative estimate of drug-likeness (QED) is 0.794. The van der Waals surface area contributed by atoms with Crippen molar-refractivity contribution < 1.29 is 5.11 Å². The van der Waals surface area contributed by atoms with Gasteiger partial charge in [0.25, 0.3) is 0 Å². The minimum Gasteiger partial charge on any atom is -0.507 e. The first-order valence-corrected chi connectivity index (χ1v) is 8.56. The highest BCUT2D eigenvalue weighted by Crippen LogP contribution is 2.49. The van der Waals surface area contributed by atoms with Gasteiger partial charge >= 0.3 is 0 Å². The number of phenolic OH excluding ortho intramolecular Hbond substituents is 1. The Labute approximate surface area is 119 Å². The Morgan fingerprint density at radius 3 is 2.33 bits per heavy atom. The van der Waals surface area contributed by atoms with Crippen LogP contribution >= 0.6 is 23.5 Å². The molecule has 1 aliphatic rings. The lowest BCUT2D eigenvalue weighted by Gasteiger charge is -2.27. The number of hydrogen-bond acceptors (Lipinski definition) is 3. The van der Waals surface area contributed by atoms with E-state index < -0.39 is 0 Å². The van der Waals surface area contributed by atoms with Gasteiger partial charge in [-0.3, -0.25) is 0 Å². The van der Waals surface area contributed by atoms with E-state index in [1.807, 2.05) is 23.5 Å². The average Bonchev–Trinajstić information content (AvgIpc) is 2.31. The van der Waals surface area contributed by atoms with Gasteiger partial charge in [-0.25, -0.2) is 0 Å². The van der Waals surface area contributed by atoms with E-state index in [-0.39, 0.29) is 5.41 Å². The molecule has 3 heteroatoms. The normalized spacial score (nSPS) is 18.0. The highest BCUT2D eigenvalue weighted by atomic mass is 32.2. The number of benzene rings is 1. The average molecular weight is 282 g/mol. The van der Waals surface area contributed by atoms with Gasteiger partial charge in [-0.2, -0.15) is 0 Å². The second-order valence-corrected chi connectivity index (χ2v) is 8.65. The van der Waals surface area contributed by atoms with Crippen molar-refractivity contribution in [1.82, 2.24) is 0 Å². The van der Waals surface area contributed by atoms with Crippen LogP contribution < -0.4 is 0 Å². The Bertz CT molecular complexity index is 429. The molecule has 0 spiro atoms. The minimum atomic E-state index is -0.00511. The fraction of sp³-hybridized carbons (Fsp3) is 0.600. The monoisotopic (exact) mass is 282 g/mol. The van der Waals surface area contributed by atoms with Crippen LogP contribution in [0.4, 0.5) is 0 Å². The maximum atomic E-state index is 10.6. The summed E-state index contributed by atoms with van der Waals surface area (Å²) in [6.07, 6.45) is 1.28. The molecule has 18 heavy (non-hydrogen) atoms. The van der Waals surface area contributed by atoms with E-state index in [1.165, 1.54) is 23.5 Å². The molecular formula is C15H22OS2. The second kappa shape index (κ2) is 5.38. The van der Waals surface area contributed by atoms with Crippen molar-refractivity contribution in [1.29, 1.82) is 0 Å². The topological polar surface area (TPSA) is 20.2 Å². The lowest BCUT2D eigenvalue weighted by Crippen LogP contribution is -2.13. The zero-order valence-electron chi connectivity index (χ0n) is 11.6. The van der Waals surface area contributed by atoms with Gasteiger partial charge in [0, 0.05) is 5.56 Å². The van der Waals surface area contributed by atoms with Crippen LogP contribution in [0.15, 0.2) is 12.1 Å². The molecular weight excluding hydrogens is 260 g/mol. The fourth-order valence-corrected chi connectivity index (χ4v) is 5.14. The number of phenols is 1. The Kier molecular flexibility index (Phi) is 4.22. The summed E-state index contributed by atoms with van der Waals surface area (Å²) in [5.74, 6) is 2.92. The molecule has 1 N–H and O–H groups in total. The lowest BCUT2D eigenvalue weighted by molar-refractivity contribution is 0.442. The van der Waals surface area contributed by atoms with Crippen molar-refractivity contribution in [2.24, 2.45) is 0 Å². The Hall–Kier alpha value is -0.280. The Morgan fingerprint density at radius 2 is 1.78 bits per heavy atom. The molecule has 0 saturated carbocycles. The molecule has 1 fully saturated rings. The largest absolute Gasteiger partial charge is 0.507 e. The van der Waals surface area contributed by atoms with Crippen molar-refractivity contribution in [3.05, 3.63) is 28.8 Å². The highest BCUT2D eigenvalue weighted by Gasteiger charge is 2.25. The van der Waals surface area contributed by atoms with Crippen molar-refractivity contribution in [3.63, 3.8) is 0 Å². The van der Waals surface area contributed by atoms with Crippen LogP contribution in [0.3, 0.4) is 0 Å². The third-order valence-electron chi connectivity index (χ3n) is 3.17. The third-order valence-corrected chi connectivity index (χ3v) is 6.15. The highest BCUT2D eigenvalue weighted by molar-refractivity contribution is 8.16. The number of rotatable bonds is 1. The van der Waals surface area contributed by atoms with Gasteiger partial charge in [0.15, 0.2) is 0 Å². The third kappa shape index (κ3) is 3.00. The van der Waals surface area contributed by atoms with Crippen molar-refractivity contribution in [2.45, 2.75) is 44.1 Å². The molecule has 0 aromatic heterocycles. The van der Waals surface area contributed by atoms with E-state index >= 15 is 0 Å². The van der Waals surface area contributed by atoms with E-state index in [0.29, 0.717) is 10.3 Å². The molecule has 0 atom stereocenters. The molecule has 0 bridgehead atoms. The van der Waals surface area contributed by atoms with Gasteiger partial charge in [0.1, 0.15) is 5.75 Å². The maximum absolute atomic E-state index is 10.6. The Balaban J connectivity index is 2.44. The van der Waals surface area contributed by atoms with Gasteiger partial charge in [0.05, 0.1) is 4.58 Å². The van der Waals surface area contributed by atoms with Crippen LogP contribution in [0.1, 0.15) is 48.5 Å². The van der Waals surface area contributed by atoms with Gasteiger partial charge in [-0.1, -0.05) is 38.5 Å². The van der Waals surface area contributed by atoms with Crippen molar-refractivity contribution in [3.8, 4) is 5.75 Å². The molecule has 0 unspecified atom stereocenters. The molecule has 1 nitrogen and oxygen atoms in total. The van der Waals surface area contributed by atoms with E-state index in [0.717, 1.165) is 11.1 Å². The molecule has 100 valence electrons. The SMILES string of the molecule is Cc1cc(C2SCCCS2)c(O)c(C(C)(C)C)c1. The summed E-state index contributed by atoms with van der Waals surface area (Å²) in [6.45, 7) is 8.60. The summed E-state index contributed by atoms with van der Waals surface area (Å²) in [7, 11) is 0. The number of aromatic hydroxyl groups is 1. The Morgan fingerprint density at radius 1 is 1.17 bits per heavy atom. The van der Waals surface area contributed by atoms with Crippen LogP contribution in [0.25, 0.3) is 0 Å². The number of thioether (sulfide) groups is 2. The van der Waals surface area contributed by atoms with Crippen molar-refractivity contribution >= 4 is 23.5 Å². The molecule has 2 rings (SSSR count). The molecule has 1 heterocycles. The fourth-order valence-electron chi connectivity index (χ4n) is 2.23. The van der Waals surface area contributed by atoms with Crippen molar-refractivity contribution in [2.75, 3.05) is 11.5 Å². The molecule has 1 aromatic carbocycles. The van der Waals surface area contributed by atoms with E-state index in [4.69, 9.17) is 0 Å². The summed E-state index contributed by atoms with van der Waals surface area (Å²) in [5, 5.41) is 10.6. The first kappa shape index (κ1) is 14.1. The molecule has 1 saturated heterocycles.